The second kappa shape index (κ2) is 7.42. The summed E-state index contributed by atoms with van der Waals surface area (Å²) in [5, 5.41) is 0.472. The van der Waals surface area contributed by atoms with E-state index in [4.69, 9.17) is 11.6 Å². The van der Waals surface area contributed by atoms with Crippen molar-refractivity contribution in [2.24, 2.45) is 0 Å². The number of benzene rings is 2. The van der Waals surface area contributed by atoms with E-state index in [2.05, 4.69) is 6.58 Å². The first kappa shape index (κ1) is 19.2. The van der Waals surface area contributed by atoms with Crippen molar-refractivity contribution >= 4 is 27.5 Å². The van der Waals surface area contributed by atoms with Crippen molar-refractivity contribution in [3.05, 3.63) is 76.3 Å². The van der Waals surface area contributed by atoms with Crippen LogP contribution in [0.15, 0.2) is 53.9 Å². The first-order valence-corrected chi connectivity index (χ1v) is 9.51. The number of halogens is 1. The standard InChI is InChI=1S/C19H20ClNO3S/c1-5-10-21(19(22)16-6-8-17(20)9-7-16)25(23,24)18-14(3)11-13(2)12-15(18)4/h5-9,11-12H,1,10H2,2-4H3. The quantitative estimate of drug-likeness (QED) is 0.730. The molecule has 2 aromatic carbocycles. The minimum absolute atomic E-state index is 0.115. The monoisotopic (exact) mass is 377 g/mol. The largest absolute Gasteiger partial charge is 0.268 e. The fraction of sp³-hybridized carbons (Fsp3) is 0.211. The Morgan fingerprint density at radius 2 is 1.64 bits per heavy atom. The topological polar surface area (TPSA) is 54.5 Å². The van der Waals surface area contributed by atoms with Gasteiger partial charge in [-0.25, -0.2) is 12.7 Å². The molecule has 0 aromatic heterocycles. The molecule has 0 fully saturated rings. The predicted molar refractivity (Wildman–Crippen MR) is 101 cm³/mol. The molecule has 0 saturated heterocycles. The highest BCUT2D eigenvalue weighted by Crippen LogP contribution is 2.26. The lowest BCUT2D eigenvalue weighted by Gasteiger charge is -2.23. The van der Waals surface area contributed by atoms with Crippen LogP contribution in [0.3, 0.4) is 0 Å². The van der Waals surface area contributed by atoms with Crippen LogP contribution in [0.25, 0.3) is 0 Å². The van der Waals surface area contributed by atoms with E-state index in [0.29, 0.717) is 16.1 Å². The van der Waals surface area contributed by atoms with Crippen LogP contribution in [0.5, 0.6) is 0 Å². The number of hydrogen-bond acceptors (Lipinski definition) is 3. The minimum atomic E-state index is -4.02. The van der Waals surface area contributed by atoms with Gasteiger partial charge in [-0.3, -0.25) is 4.79 Å². The van der Waals surface area contributed by atoms with Crippen molar-refractivity contribution in [2.45, 2.75) is 25.7 Å². The van der Waals surface area contributed by atoms with Crippen LogP contribution < -0.4 is 0 Å². The van der Waals surface area contributed by atoms with Gasteiger partial charge in [0.2, 0.25) is 0 Å². The second-order valence-corrected chi connectivity index (χ2v) is 8.10. The number of rotatable bonds is 5. The van der Waals surface area contributed by atoms with Crippen LogP contribution >= 0.6 is 11.6 Å². The molecule has 4 nitrogen and oxygen atoms in total. The van der Waals surface area contributed by atoms with Crippen molar-refractivity contribution in [1.82, 2.24) is 4.31 Å². The normalized spacial score (nSPS) is 11.2. The van der Waals surface area contributed by atoms with Crippen molar-refractivity contribution < 1.29 is 13.2 Å². The molecule has 132 valence electrons. The summed E-state index contributed by atoms with van der Waals surface area (Å²) in [4.78, 5) is 13.0. The van der Waals surface area contributed by atoms with E-state index in [1.807, 2.05) is 6.92 Å². The molecule has 25 heavy (non-hydrogen) atoms. The van der Waals surface area contributed by atoms with Crippen LogP contribution in [-0.2, 0) is 10.0 Å². The molecule has 0 atom stereocenters. The fourth-order valence-electron chi connectivity index (χ4n) is 2.83. The predicted octanol–water partition coefficient (Wildman–Crippen LogP) is 4.28. The Labute approximate surface area is 153 Å². The van der Waals surface area contributed by atoms with Crippen LogP contribution in [0, 0.1) is 20.8 Å². The number of carbonyl (C=O) groups excluding carboxylic acids is 1. The van der Waals surface area contributed by atoms with Gasteiger partial charge in [0.1, 0.15) is 0 Å². The molecule has 0 heterocycles. The van der Waals surface area contributed by atoms with Crippen LogP contribution in [0.1, 0.15) is 27.0 Å². The average Bonchev–Trinajstić information content (AvgIpc) is 2.51. The van der Waals surface area contributed by atoms with E-state index in [1.165, 1.54) is 18.2 Å². The first-order valence-electron chi connectivity index (χ1n) is 7.70. The molecule has 2 rings (SSSR count). The smallest absolute Gasteiger partial charge is 0.267 e. The third-order valence-corrected chi connectivity index (χ3v) is 6.07. The molecule has 2 aromatic rings. The van der Waals surface area contributed by atoms with Crippen LogP contribution in [0.4, 0.5) is 0 Å². The van der Waals surface area contributed by atoms with Gasteiger partial charge < -0.3 is 0 Å². The minimum Gasteiger partial charge on any atom is -0.268 e. The van der Waals surface area contributed by atoms with Crippen LogP contribution in [0.2, 0.25) is 5.02 Å². The lowest BCUT2D eigenvalue weighted by Crippen LogP contribution is -2.37. The first-order chi connectivity index (χ1) is 11.7. The Balaban J connectivity index is 2.57. The number of aryl methyl sites for hydroxylation is 3. The number of hydrogen-bond donors (Lipinski definition) is 0. The molecule has 0 radical (unpaired) electrons. The third kappa shape index (κ3) is 3.94. The van der Waals surface area contributed by atoms with Crippen molar-refractivity contribution in [3.63, 3.8) is 0 Å². The van der Waals surface area contributed by atoms with Gasteiger partial charge >= 0.3 is 0 Å². The zero-order valence-corrected chi connectivity index (χ0v) is 16.0. The lowest BCUT2D eigenvalue weighted by molar-refractivity contribution is 0.0871. The summed E-state index contributed by atoms with van der Waals surface area (Å²) in [6, 6.07) is 9.69. The molecule has 0 saturated carbocycles. The maximum atomic E-state index is 13.2. The molecule has 0 unspecified atom stereocenters. The van der Waals surface area contributed by atoms with Gasteiger partial charge in [-0.05, 0) is 56.2 Å². The Kier molecular flexibility index (Phi) is 5.70. The molecule has 0 aliphatic rings. The van der Waals surface area contributed by atoms with Crippen molar-refractivity contribution in [1.29, 1.82) is 0 Å². The maximum absolute atomic E-state index is 13.2. The summed E-state index contributed by atoms with van der Waals surface area (Å²) in [6.07, 6.45) is 1.39. The molecule has 6 heteroatoms. The van der Waals surface area contributed by atoms with Crippen molar-refractivity contribution in [3.8, 4) is 0 Å². The summed E-state index contributed by atoms with van der Waals surface area (Å²) in [5.74, 6) is -0.615. The summed E-state index contributed by atoms with van der Waals surface area (Å²) in [6.45, 7) is 8.82. The van der Waals surface area contributed by atoms with E-state index in [9.17, 15) is 13.2 Å². The van der Waals surface area contributed by atoms with Gasteiger partial charge in [0.05, 0.1) is 11.4 Å². The van der Waals surface area contributed by atoms with E-state index >= 15 is 0 Å². The van der Waals surface area contributed by atoms with E-state index in [0.717, 1.165) is 9.87 Å². The Bertz CT molecular complexity index is 895. The Morgan fingerprint density at radius 1 is 1.12 bits per heavy atom. The summed E-state index contributed by atoms with van der Waals surface area (Å²) < 4.78 is 27.2. The highest BCUT2D eigenvalue weighted by Gasteiger charge is 2.31. The molecular formula is C19H20ClNO3S. The number of amides is 1. The maximum Gasteiger partial charge on any atom is 0.267 e. The van der Waals surface area contributed by atoms with E-state index in [1.54, 1.807) is 38.1 Å². The molecule has 0 bridgehead atoms. The van der Waals surface area contributed by atoms with Gasteiger partial charge in [-0.1, -0.05) is 35.4 Å². The number of sulfonamides is 1. The molecule has 0 aliphatic carbocycles. The lowest BCUT2D eigenvalue weighted by atomic mass is 10.1. The van der Waals surface area contributed by atoms with Gasteiger partial charge in [0, 0.05) is 10.6 Å². The van der Waals surface area contributed by atoms with Gasteiger partial charge in [0.15, 0.2) is 0 Å². The fourth-order valence-corrected chi connectivity index (χ4v) is 4.73. The number of carbonyl (C=O) groups is 1. The van der Waals surface area contributed by atoms with Gasteiger partial charge in [-0.15, -0.1) is 6.58 Å². The van der Waals surface area contributed by atoms with E-state index in [-0.39, 0.29) is 17.0 Å². The van der Waals surface area contributed by atoms with Crippen molar-refractivity contribution in [2.75, 3.05) is 6.54 Å². The second-order valence-electron chi connectivity index (χ2n) is 5.86. The Hall–Kier alpha value is -2.11. The average molecular weight is 378 g/mol. The molecule has 0 spiro atoms. The summed E-state index contributed by atoms with van der Waals surface area (Å²) >= 11 is 5.84. The van der Waals surface area contributed by atoms with E-state index < -0.39 is 15.9 Å². The van der Waals surface area contributed by atoms with Gasteiger partial charge in [-0.2, -0.15) is 0 Å². The third-order valence-electron chi connectivity index (χ3n) is 3.77. The van der Waals surface area contributed by atoms with Crippen LogP contribution in [-0.4, -0.2) is 25.2 Å². The number of nitrogens with zero attached hydrogens (tertiary/aromatic N) is 1. The zero-order chi connectivity index (χ0) is 18.8. The highest BCUT2D eigenvalue weighted by atomic mass is 35.5. The van der Waals surface area contributed by atoms with Gasteiger partial charge in [0.25, 0.3) is 15.9 Å². The molecule has 0 N–H and O–H groups in total. The summed E-state index contributed by atoms with van der Waals surface area (Å²) in [7, 11) is -4.02. The summed E-state index contributed by atoms with van der Waals surface area (Å²) in [5.41, 5.74) is 2.43. The zero-order valence-electron chi connectivity index (χ0n) is 14.4. The molecular weight excluding hydrogens is 358 g/mol. The molecule has 1 amide bonds. The molecule has 0 aliphatic heterocycles. The Morgan fingerprint density at radius 3 is 2.12 bits per heavy atom. The SMILES string of the molecule is C=CCN(C(=O)c1ccc(Cl)cc1)S(=O)(=O)c1c(C)cc(C)cc1C. The highest BCUT2D eigenvalue weighted by molar-refractivity contribution is 7.89.